The summed E-state index contributed by atoms with van der Waals surface area (Å²) in [5.74, 6) is 0.265. The number of carbonyl (C=O) groups excluding carboxylic acids is 1. The number of pyridine rings is 1. The standard InChI is InChI=1S/C15H19NO/c1-3-11(4-2)15(17)13-9-5-7-12-8-6-10-16-14(12)13/h3,6,8,10,13H,4-5,7,9H2,1-2H3/b11-3-. The summed E-state index contributed by atoms with van der Waals surface area (Å²) in [6.07, 6.45) is 7.65. The molecule has 0 bridgehead atoms. The Labute approximate surface area is 103 Å². The number of aryl methyl sites for hydroxylation is 1. The fraction of sp³-hybridized carbons (Fsp3) is 0.467. The van der Waals surface area contributed by atoms with Crippen LogP contribution in [0.4, 0.5) is 0 Å². The Morgan fingerprint density at radius 1 is 1.59 bits per heavy atom. The second-order valence-corrected chi connectivity index (χ2v) is 4.52. The molecule has 0 aliphatic heterocycles. The highest BCUT2D eigenvalue weighted by molar-refractivity contribution is 6.00. The SMILES string of the molecule is C/C=C(/CC)C(=O)C1CCCc2cccnc21. The van der Waals surface area contributed by atoms with Gasteiger partial charge in [0.15, 0.2) is 5.78 Å². The Balaban J connectivity index is 2.33. The highest BCUT2D eigenvalue weighted by atomic mass is 16.1. The van der Waals surface area contributed by atoms with E-state index in [0.717, 1.165) is 37.0 Å². The third kappa shape index (κ3) is 2.31. The van der Waals surface area contributed by atoms with E-state index in [2.05, 4.69) is 11.1 Å². The van der Waals surface area contributed by atoms with Crippen molar-refractivity contribution in [2.24, 2.45) is 0 Å². The molecule has 1 aliphatic rings. The van der Waals surface area contributed by atoms with E-state index in [9.17, 15) is 4.79 Å². The number of carbonyl (C=O) groups is 1. The molecule has 2 heteroatoms. The van der Waals surface area contributed by atoms with Gasteiger partial charge in [0.1, 0.15) is 0 Å². The van der Waals surface area contributed by atoms with Crippen molar-refractivity contribution < 1.29 is 4.79 Å². The molecule has 2 rings (SSSR count). The lowest BCUT2D eigenvalue weighted by Gasteiger charge is -2.23. The topological polar surface area (TPSA) is 30.0 Å². The summed E-state index contributed by atoms with van der Waals surface area (Å²) >= 11 is 0. The van der Waals surface area contributed by atoms with Crippen molar-refractivity contribution >= 4 is 5.78 Å². The second kappa shape index (κ2) is 5.26. The maximum absolute atomic E-state index is 12.4. The summed E-state index contributed by atoms with van der Waals surface area (Å²) in [6, 6.07) is 4.06. The molecule has 0 aromatic carbocycles. The first-order valence-electron chi connectivity index (χ1n) is 6.41. The molecule has 90 valence electrons. The average Bonchev–Trinajstić information content (AvgIpc) is 2.39. The number of aromatic nitrogens is 1. The monoisotopic (exact) mass is 229 g/mol. The third-order valence-corrected chi connectivity index (χ3v) is 3.56. The fourth-order valence-corrected chi connectivity index (χ4v) is 2.61. The van der Waals surface area contributed by atoms with Crippen molar-refractivity contribution in [2.45, 2.75) is 45.4 Å². The van der Waals surface area contributed by atoms with Crippen molar-refractivity contribution in [3.05, 3.63) is 41.2 Å². The van der Waals surface area contributed by atoms with Crippen molar-refractivity contribution in [1.29, 1.82) is 0 Å². The first kappa shape index (κ1) is 12.0. The van der Waals surface area contributed by atoms with Crippen LogP contribution in [-0.2, 0) is 11.2 Å². The maximum Gasteiger partial charge on any atom is 0.167 e. The number of nitrogens with zero attached hydrogens (tertiary/aromatic N) is 1. The predicted octanol–water partition coefficient (Wildman–Crippen LogP) is 3.43. The van der Waals surface area contributed by atoms with E-state index < -0.39 is 0 Å². The van der Waals surface area contributed by atoms with E-state index in [-0.39, 0.29) is 11.7 Å². The lowest BCUT2D eigenvalue weighted by atomic mass is 9.81. The average molecular weight is 229 g/mol. The van der Waals surface area contributed by atoms with Gasteiger partial charge >= 0.3 is 0 Å². The lowest BCUT2D eigenvalue weighted by Crippen LogP contribution is -2.21. The van der Waals surface area contributed by atoms with Gasteiger partial charge in [0.05, 0.1) is 11.6 Å². The molecule has 0 N–H and O–H groups in total. The van der Waals surface area contributed by atoms with Gasteiger partial charge in [-0.2, -0.15) is 0 Å². The smallest absolute Gasteiger partial charge is 0.167 e. The largest absolute Gasteiger partial charge is 0.294 e. The van der Waals surface area contributed by atoms with Crippen LogP contribution in [0.2, 0.25) is 0 Å². The Kier molecular flexibility index (Phi) is 3.72. The highest BCUT2D eigenvalue weighted by Gasteiger charge is 2.28. The van der Waals surface area contributed by atoms with Gasteiger partial charge < -0.3 is 0 Å². The van der Waals surface area contributed by atoms with E-state index in [1.165, 1.54) is 5.56 Å². The van der Waals surface area contributed by atoms with Crippen LogP contribution in [0.3, 0.4) is 0 Å². The molecule has 1 aromatic rings. The molecule has 0 amide bonds. The van der Waals surface area contributed by atoms with Gasteiger partial charge in [0.25, 0.3) is 0 Å². The Hall–Kier alpha value is -1.44. The van der Waals surface area contributed by atoms with Crippen LogP contribution in [0.15, 0.2) is 30.0 Å². The van der Waals surface area contributed by atoms with Crippen LogP contribution < -0.4 is 0 Å². The summed E-state index contributed by atoms with van der Waals surface area (Å²) in [6.45, 7) is 3.98. The van der Waals surface area contributed by atoms with E-state index in [1.54, 1.807) is 6.20 Å². The van der Waals surface area contributed by atoms with Gasteiger partial charge in [-0.25, -0.2) is 0 Å². The maximum atomic E-state index is 12.4. The van der Waals surface area contributed by atoms with Gasteiger partial charge in [0, 0.05) is 6.20 Å². The predicted molar refractivity (Wildman–Crippen MR) is 69.0 cm³/mol. The Morgan fingerprint density at radius 3 is 3.12 bits per heavy atom. The molecule has 0 saturated heterocycles. The normalized spacial score (nSPS) is 19.9. The van der Waals surface area contributed by atoms with Crippen LogP contribution >= 0.6 is 0 Å². The number of hydrogen-bond donors (Lipinski definition) is 0. The Morgan fingerprint density at radius 2 is 2.41 bits per heavy atom. The van der Waals surface area contributed by atoms with Crippen LogP contribution in [0.25, 0.3) is 0 Å². The molecule has 1 aromatic heterocycles. The second-order valence-electron chi connectivity index (χ2n) is 4.52. The first-order chi connectivity index (χ1) is 8.27. The van der Waals surface area contributed by atoms with Gasteiger partial charge in [-0.3, -0.25) is 9.78 Å². The van der Waals surface area contributed by atoms with E-state index >= 15 is 0 Å². The number of rotatable bonds is 3. The van der Waals surface area contributed by atoms with Gasteiger partial charge in [0.2, 0.25) is 0 Å². The molecule has 1 atom stereocenters. The van der Waals surface area contributed by atoms with Crippen molar-refractivity contribution in [1.82, 2.24) is 4.98 Å². The minimum atomic E-state index is -0.00824. The third-order valence-electron chi connectivity index (χ3n) is 3.56. The molecule has 0 saturated carbocycles. The molecule has 2 nitrogen and oxygen atoms in total. The molecule has 1 heterocycles. The molecule has 0 radical (unpaired) electrons. The first-order valence-corrected chi connectivity index (χ1v) is 6.41. The number of ketones is 1. The molecule has 0 fully saturated rings. The quantitative estimate of drug-likeness (QED) is 0.743. The van der Waals surface area contributed by atoms with Gasteiger partial charge in [-0.1, -0.05) is 19.1 Å². The molecule has 17 heavy (non-hydrogen) atoms. The van der Waals surface area contributed by atoms with Crippen LogP contribution in [-0.4, -0.2) is 10.8 Å². The highest BCUT2D eigenvalue weighted by Crippen LogP contribution is 2.32. The number of allylic oxidation sites excluding steroid dienone is 2. The van der Waals surface area contributed by atoms with Gasteiger partial charge in [-0.15, -0.1) is 0 Å². The van der Waals surface area contributed by atoms with E-state index in [0.29, 0.717) is 0 Å². The minimum Gasteiger partial charge on any atom is -0.294 e. The fourth-order valence-electron chi connectivity index (χ4n) is 2.61. The zero-order valence-corrected chi connectivity index (χ0v) is 10.6. The number of fused-ring (bicyclic) bond motifs is 1. The van der Waals surface area contributed by atoms with E-state index in [4.69, 9.17) is 0 Å². The number of Topliss-reactive ketones (excluding diaryl/α,β-unsaturated/α-hetero) is 1. The molecule has 1 unspecified atom stereocenters. The van der Waals surface area contributed by atoms with Crippen LogP contribution in [0, 0.1) is 0 Å². The van der Waals surface area contributed by atoms with E-state index in [1.807, 2.05) is 26.0 Å². The van der Waals surface area contributed by atoms with Crippen LogP contribution in [0.5, 0.6) is 0 Å². The van der Waals surface area contributed by atoms with Crippen molar-refractivity contribution in [3.8, 4) is 0 Å². The summed E-state index contributed by atoms with van der Waals surface area (Å²) in [7, 11) is 0. The zero-order valence-electron chi connectivity index (χ0n) is 10.6. The number of hydrogen-bond acceptors (Lipinski definition) is 2. The summed E-state index contributed by atoms with van der Waals surface area (Å²) in [5, 5.41) is 0. The zero-order chi connectivity index (χ0) is 12.3. The lowest BCUT2D eigenvalue weighted by molar-refractivity contribution is -0.117. The molecular formula is C15H19NO. The van der Waals surface area contributed by atoms with Gasteiger partial charge in [-0.05, 0) is 49.8 Å². The summed E-state index contributed by atoms with van der Waals surface area (Å²) < 4.78 is 0. The summed E-state index contributed by atoms with van der Waals surface area (Å²) in [4.78, 5) is 16.8. The Bertz CT molecular complexity index is 448. The summed E-state index contributed by atoms with van der Waals surface area (Å²) in [5.41, 5.74) is 3.20. The van der Waals surface area contributed by atoms with Crippen LogP contribution in [0.1, 0.15) is 50.3 Å². The molecular weight excluding hydrogens is 210 g/mol. The molecule has 1 aliphatic carbocycles. The van der Waals surface area contributed by atoms with Crippen molar-refractivity contribution in [3.63, 3.8) is 0 Å². The molecule has 0 spiro atoms. The minimum absolute atomic E-state index is 0.00824. The van der Waals surface area contributed by atoms with Crippen molar-refractivity contribution in [2.75, 3.05) is 0 Å².